The molecular formula is C22H15ClFN5O2. The van der Waals surface area contributed by atoms with Crippen LogP contribution in [-0.2, 0) is 13.6 Å². The number of aromatic nitrogens is 4. The minimum absolute atomic E-state index is 0.0660. The Hall–Kier alpha value is -3.78. The molecule has 0 spiro atoms. The molecule has 1 aliphatic rings. The second-order valence-electron chi connectivity index (χ2n) is 7.07. The average Bonchev–Trinajstić information content (AvgIpc) is 3.29. The summed E-state index contributed by atoms with van der Waals surface area (Å²) in [5, 5.41) is 14.4. The molecule has 4 aromatic rings. The molecule has 3 heterocycles. The predicted molar refractivity (Wildman–Crippen MR) is 113 cm³/mol. The third-order valence-electron chi connectivity index (χ3n) is 5.09. The van der Waals surface area contributed by atoms with Gasteiger partial charge in [0, 0.05) is 35.0 Å². The molecular weight excluding hydrogens is 421 g/mol. The smallest absolute Gasteiger partial charge is 0.356 e. The number of imidazole rings is 1. The highest BCUT2D eigenvalue weighted by Gasteiger charge is 2.29. The molecule has 0 aliphatic carbocycles. The van der Waals surface area contributed by atoms with Gasteiger partial charge in [-0.3, -0.25) is 14.2 Å². The number of carboxylic acids is 1. The SMILES string of the molecule is Cn1cc(-c2c(C(=O)O)nc3n2-c2ccc(Cl)cc2C(c2ccccc2F)=NC3)cn1. The number of hydrogen-bond acceptors (Lipinski definition) is 4. The van der Waals surface area contributed by atoms with E-state index in [1.54, 1.807) is 65.1 Å². The third kappa shape index (κ3) is 3.12. The monoisotopic (exact) mass is 435 g/mol. The van der Waals surface area contributed by atoms with E-state index in [0.717, 1.165) is 0 Å². The van der Waals surface area contributed by atoms with Crippen molar-refractivity contribution in [3.8, 4) is 16.9 Å². The Balaban J connectivity index is 1.84. The van der Waals surface area contributed by atoms with Gasteiger partial charge >= 0.3 is 5.97 Å². The van der Waals surface area contributed by atoms with Gasteiger partial charge in [0.05, 0.1) is 29.8 Å². The number of aromatic carboxylic acids is 1. The summed E-state index contributed by atoms with van der Waals surface area (Å²) in [6, 6.07) is 11.5. The number of fused-ring (bicyclic) bond motifs is 3. The Labute approximate surface area is 181 Å². The molecule has 9 heteroatoms. The van der Waals surface area contributed by atoms with Crippen molar-refractivity contribution >= 4 is 23.3 Å². The minimum Gasteiger partial charge on any atom is -0.476 e. The molecule has 5 rings (SSSR count). The number of aryl methyl sites for hydroxylation is 1. The summed E-state index contributed by atoms with van der Waals surface area (Å²) in [5.74, 6) is -1.15. The molecule has 2 aromatic carbocycles. The zero-order valence-corrected chi connectivity index (χ0v) is 17.0. The fourth-order valence-electron chi connectivity index (χ4n) is 3.80. The van der Waals surface area contributed by atoms with Gasteiger partial charge in [-0.1, -0.05) is 23.7 Å². The number of aliphatic imine (C=N–C) groups is 1. The van der Waals surface area contributed by atoms with E-state index in [1.807, 2.05) is 0 Å². The molecule has 154 valence electrons. The van der Waals surface area contributed by atoms with Gasteiger partial charge in [-0.05, 0) is 30.3 Å². The minimum atomic E-state index is -1.16. The van der Waals surface area contributed by atoms with E-state index in [1.165, 1.54) is 6.07 Å². The Morgan fingerprint density at radius 1 is 1.19 bits per heavy atom. The molecule has 1 aliphatic heterocycles. The molecule has 0 bridgehead atoms. The van der Waals surface area contributed by atoms with E-state index in [0.29, 0.717) is 44.6 Å². The van der Waals surface area contributed by atoms with Gasteiger partial charge in [-0.2, -0.15) is 5.10 Å². The summed E-state index contributed by atoms with van der Waals surface area (Å²) in [5.41, 5.74) is 2.81. The first-order chi connectivity index (χ1) is 14.9. The highest BCUT2D eigenvalue weighted by molar-refractivity contribution is 6.31. The number of hydrogen-bond donors (Lipinski definition) is 1. The Bertz CT molecular complexity index is 1390. The summed E-state index contributed by atoms with van der Waals surface area (Å²) in [6.45, 7) is 0.0660. The molecule has 0 unspecified atom stereocenters. The maximum absolute atomic E-state index is 14.6. The molecule has 0 amide bonds. The van der Waals surface area contributed by atoms with Gasteiger partial charge < -0.3 is 5.11 Å². The highest BCUT2D eigenvalue weighted by Crippen LogP contribution is 2.34. The number of nitrogens with zero attached hydrogens (tertiary/aromatic N) is 5. The van der Waals surface area contributed by atoms with Crippen molar-refractivity contribution in [1.82, 2.24) is 19.3 Å². The summed E-state index contributed by atoms with van der Waals surface area (Å²) in [7, 11) is 1.75. The highest BCUT2D eigenvalue weighted by atomic mass is 35.5. The van der Waals surface area contributed by atoms with E-state index in [4.69, 9.17) is 11.6 Å². The number of rotatable bonds is 3. The van der Waals surface area contributed by atoms with E-state index in [2.05, 4.69) is 15.1 Å². The van der Waals surface area contributed by atoms with Crippen molar-refractivity contribution in [2.24, 2.45) is 12.0 Å². The molecule has 0 saturated carbocycles. The molecule has 7 nitrogen and oxygen atoms in total. The van der Waals surface area contributed by atoms with Crippen molar-refractivity contribution in [2.75, 3.05) is 0 Å². The largest absolute Gasteiger partial charge is 0.476 e. The van der Waals surface area contributed by atoms with Crippen LogP contribution in [0.2, 0.25) is 5.02 Å². The van der Waals surface area contributed by atoms with Gasteiger partial charge in [0.15, 0.2) is 5.69 Å². The topological polar surface area (TPSA) is 85.3 Å². The first-order valence-corrected chi connectivity index (χ1v) is 9.75. The van der Waals surface area contributed by atoms with Gasteiger partial charge in [0.1, 0.15) is 11.6 Å². The summed E-state index contributed by atoms with van der Waals surface area (Å²) >= 11 is 6.28. The van der Waals surface area contributed by atoms with Crippen LogP contribution in [0.15, 0.2) is 59.9 Å². The van der Waals surface area contributed by atoms with Crippen molar-refractivity contribution in [2.45, 2.75) is 6.54 Å². The van der Waals surface area contributed by atoms with Crippen LogP contribution < -0.4 is 0 Å². The normalized spacial score (nSPS) is 12.7. The number of carbonyl (C=O) groups is 1. The van der Waals surface area contributed by atoms with Crippen LogP contribution in [-0.4, -0.2) is 36.1 Å². The predicted octanol–water partition coefficient (Wildman–Crippen LogP) is 4.11. The van der Waals surface area contributed by atoms with E-state index in [-0.39, 0.29) is 12.2 Å². The summed E-state index contributed by atoms with van der Waals surface area (Å²) < 4.78 is 18.0. The van der Waals surface area contributed by atoms with Crippen LogP contribution in [0.5, 0.6) is 0 Å². The maximum Gasteiger partial charge on any atom is 0.356 e. The third-order valence-corrected chi connectivity index (χ3v) is 5.33. The first kappa shape index (κ1) is 19.2. The second-order valence-corrected chi connectivity index (χ2v) is 7.51. The lowest BCUT2D eigenvalue weighted by atomic mass is 9.99. The van der Waals surface area contributed by atoms with Crippen molar-refractivity contribution in [3.63, 3.8) is 0 Å². The summed E-state index contributed by atoms with van der Waals surface area (Å²) in [6.07, 6.45) is 3.30. The number of halogens is 2. The lowest BCUT2D eigenvalue weighted by molar-refractivity contribution is 0.0692. The van der Waals surface area contributed by atoms with Crippen molar-refractivity contribution < 1.29 is 14.3 Å². The lowest BCUT2D eigenvalue weighted by Crippen LogP contribution is -2.10. The fraction of sp³-hybridized carbons (Fsp3) is 0.0909. The molecule has 0 atom stereocenters. The molecule has 0 radical (unpaired) electrons. The van der Waals surface area contributed by atoms with Gasteiger partial charge in [-0.25, -0.2) is 14.2 Å². The van der Waals surface area contributed by atoms with E-state index >= 15 is 0 Å². The van der Waals surface area contributed by atoms with E-state index < -0.39 is 11.8 Å². The van der Waals surface area contributed by atoms with Crippen LogP contribution in [0, 0.1) is 5.82 Å². The van der Waals surface area contributed by atoms with Crippen LogP contribution in [0.1, 0.15) is 27.4 Å². The van der Waals surface area contributed by atoms with Crippen LogP contribution in [0.3, 0.4) is 0 Å². The zero-order valence-electron chi connectivity index (χ0n) is 16.3. The molecule has 31 heavy (non-hydrogen) atoms. The fourth-order valence-corrected chi connectivity index (χ4v) is 3.97. The molecule has 0 fully saturated rings. The first-order valence-electron chi connectivity index (χ1n) is 9.37. The van der Waals surface area contributed by atoms with Gasteiger partial charge in [0.25, 0.3) is 0 Å². The summed E-state index contributed by atoms with van der Waals surface area (Å²) in [4.78, 5) is 21.0. The van der Waals surface area contributed by atoms with Gasteiger partial charge in [0.2, 0.25) is 0 Å². The average molecular weight is 436 g/mol. The molecule has 2 aromatic heterocycles. The van der Waals surface area contributed by atoms with Crippen LogP contribution in [0.4, 0.5) is 4.39 Å². The zero-order chi connectivity index (χ0) is 21.7. The Morgan fingerprint density at radius 3 is 2.71 bits per heavy atom. The number of carboxylic acid groups (broad SMARTS) is 1. The van der Waals surface area contributed by atoms with E-state index in [9.17, 15) is 14.3 Å². The van der Waals surface area contributed by atoms with Crippen LogP contribution in [0.25, 0.3) is 16.9 Å². The lowest BCUT2D eigenvalue weighted by Gasteiger charge is -2.15. The Kier molecular flexibility index (Phi) is 4.44. The number of benzene rings is 2. The van der Waals surface area contributed by atoms with Crippen molar-refractivity contribution in [3.05, 3.63) is 88.3 Å². The van der Waals surface area contributed by atoms with Crippen LogP contribution >= 0.6 is 11.6 Å². The quantitative estimate of drug-likeness (QED) is 0.524. The maximum atomic E-state index is 14.6. The van der Waals surface area contributed by atoms with Gasteiger partial charge in [-0.15, -0.1) is 0 Å². The van der Waals surface area contributed by atoms with Crippen molar-refractivity contribution in [1.29, 1.82) is 0 Å². The standard InChI is InChI=1S/C22H15ClFN5O2/c1-28-11-12(9-26-28)21-20(22(30)31)27-18-10-25-19(14-4-2-3-5-16(14)24)15-8-13(23)6-7-17(15)29(18)21/h2-9,11H,10H2,1H3,(H,30,31). The Morgan fingerprint density at radius 2 is 2.00 bits per heavy atom. The second kappa shape index (κ2) is 7.17. The molecule has 0 saturated heterocycles. The molecule has 1 N–H and O–H groups in total.